The summed E-state index contributed by atoms with van der Waals surface area (Å²) in [5, 5.41) is 20.5. The molecule has 1 atom stereocenters. The SMILES string of the molecule is C=C(C(=O)OCC)C(O)c1cccc([N+](=O)[O-])c1. The predicted octanol–water partition coefficient (Wildman–Crippen LogP) is 1.75. The molecule has 0 heterocycles. The summed E-state index contributed by atoms with van der Waals surface area (Å²) in [6.07, 6.45) is -1.32. The van der Waals surface area contributed by atoms with E-state index in [0.717, 1.165) is 0 Å². The van der Waals surface area contributed by atoms with Crippen molar-refractivity contribution in [1.29, 1.82) is 0 Å². The Kier molecular flexibility index (Phi) is 4.56. The maximum atomic E-state index is 11.4. The van der Waals surface area contributed by atoms with Crippen LogP contribution in [0.2, 0.25) is 0 Å². The van der Waals surface area contributed by atoms with E-state index in [1.165, 1.54) is 24.3 Å². The highest BCUT2D eigenvalue weighted by Gasteiger charge is 2.21. The van der Waals surface area contributed by atoms with Crippen molar-refractivity contribution < 1.29 is 19.6 Å². The number of rotatable bonds is 5. The van der Waals surface area contributed by atoms with Crippen LogP contribution in [0.1, 0.15) is 18.6 Å². The molecule has 0 aromatic heterocycles. The average Bonchev–Trinajstić information content (AvgIpc) is 2.37. The Labute approximate surface area is 104 Å². The number of carbonyl (C=O) groups excluding carboxylic acids is 1. The van der Waals surface area contributed by atoms with E-state index in [4.69, 9.17) is 4.74 Å². The number of nitrogens with zero attached hydrogens (tertiary/aromatic N) is 1. The molecule has 1 aromatic rings. The summed E-state index contributed by atoms with van der Waals surface area (Å²) in [5.74, 6) is -0.725. The van der Waals surface area contributed by atoms with Crippen molar-refractivity contribution in [3.8, 4) is 0 Å². The van der Waals surface area contributed by atoms with E-state index >= 15 is 0 Å². The van der Waals surface area contributed by atoms with Gasteiger partial charge in [-0.15, -0.1) is 0 Å². The fourth-order valence-corrected chi connectivity index (χ4v) is 1.35. The second kappa shape index (κ2) is 5.92. The van der Waals surface area contributed by atoms with E-state index in [-0.39, 0.29) is 23.4 Å². The van der Waals surface area contributed by atoms with Gasteiger partial charge in [0.1, 0.15) is 6.10 Å². The van der Waals surface area contributed by atoms with Crippen molar-refractivity contribution in [2.75, 3.05) is 6.61 Å². The summed E-state index contributed by atoms with van der Waals surface area (Å²) < 4.78 is 4.69. The Bertz CT molecular complexity index is 483. The topological polar surface area (TPSA) is 89.7 Å². The van der Waals surface area contributed by atoms with Crippen LogP contribution in [0.25, 0.3) is 0 Å². The monoisotopic (exact) mass is 251 g/mol. The van der Waals surface area contributed by atoms with Gasteiger partial charge in [-0.05, 0) is 12.5 Å². The molecule has 18 heavy (non-hydrogen) atoms. The van der Waals surface area contributed by atoms with Gasteiger partial charge in [0.25, 0.3) is 5.69 Å². The van der Waals surface area contributed by atoms with Crippen molar-refractivity contribution in [3.05, 3.63) is 52.1 Å². The molecule has 0 amide bonds. The summed E-state index contributed by atoms with van der Waals surface area (Å²) in [6, 6.07) is 5.38. The fraction of sp³-hybridized carbons (Fsp3) is 0.250. The highest BCUT2D eigenvalue weighted by molar-refractivity contribution is 5.89. The van der Waals surface area contributed by atoms with Crippen LogP contribution in [-0.4, -0.2) is 22.6 Å². The molecule has 6 nitrogen and oxygen atoms in total. The van der Waals surface area contributed by atoms with Gasteiger partial charge < -0.3 is 9.84 Å². The zero-order chi connectivity index (χ0) is 13.7. The number of carbonyl (C=O) groups is 1. The van der Waals surface area contributed by atoms with Crippen molar-refractivity contribution in [2.24, 2.45) is 0 Å². The van der Waals surface area contributed by atoms with E-state index in [1.54, 1.807) is 6.92 Å². The number of non-ortho nitro benzene ring substituents is 1. The third-order valence-electron chi connectivity index (χ3n) is 2.26. The molecule has 96 valence electrons. The lowest BCUT2D eigenvalue weighted by Gasteiger charge is -2.12. The molecule has 0 saturated heterocycles. The first kappa shape index (κ1) is 13.9. The number of ether oxygens (including phenoxy) is 1. The second-order valence-electron chi connectivity index (χ2n) is 3.50. The Morgan fingerprint density at radius 3 is 2.83 bits per heavy atom. The normalized spacial score (nSPS) is 11.7. The molecule has 0 saturated carbocycles. The van der Waals surface area contributed by atoms with Crippen LogP contribution < -0.4 is 0 Å². The number of esters is 1. The molecule has 1 N–H and O–H groups in total. The van der Waals surface area contributed by atoms with Crippen LogP contribution in [-0.2, 0) is 9.53 Å². The molecule has 1 aromatic carbocycles. The summed E-state index contributed by atoms with van der Waals surface area (Å²) in [7, 11) is 0. The molecule has 1 rings (SSSR count). The molecule has 0 aliphatic carbocycles. The van der Waals surface area contributed by atoms with E-state index in [0.29, 0.717) is 0 Å². The number of aliphatic hydroxyl groups is 1. The van der Waals surface area contributed by atoms with Crippen molar-refractivity contribution in [1.82, 2.24) is 0 Å². The van der Waals surface area contributed by atoms with Gasteiger partial charge in [-0.1, -0.05) is 18.7 Å². The number of nitro groups is 1. The van der Waals surface area contributed by atoms with Crippen molar-refractivity contribution in [3.63, 3.8) is 0 Å². The Balaban J connectivity index is 2.93. The Hall–Kier alpha value is -2.21. The molecular formula is C12H13NO5. The van der Waals surface area contributed by atoms with Crippen LogP contribution in [0, 0.1) is 10.1 Å². The molecule has 1 unspecified atom stereocenters. The van der Waals surface area contributed by atoms with Crippen molar-refractivity contribution in [2.45, 2.75) is 13.0 Å². The molecule has 0 aliphatic heterocycles. The van der Waals surface area contributed by atoms with Crippen LogP contribution >= 0.6 is 0 Å². The van der Waals surface area contributed by atoms with Gasteiger partial charge in [0, 0.05) is 12.1 Å². The first-order valence-electron chi connectivity index (χ1n) is 5.25. The third kappa shape index (κ3) is 3.14. The second-order valence-corrected chi connectivity index (χ2v) is 3.50. The lowest BCUT2D eigenvalue weighted by molar-refractivity contribution is -0.385. The smallest absolute Gasteiger partial charge is 0.336 e. The molecular weight excluding hydrogens is 238 g/mol. The van der Waals surface area contributed by atoms with Crippen LogP contribution in [0.4, 0.5) is 5.69 Å². The van der Waals surface area contributed by atoms with E-state index < -0.39 is 17.0 Å². The molecule has 0 fully saturated rings. The number of hydrogen-bond donors (Lipinski definition) is 1. The molecule has 0 bridgehead atoms. The first-order chi connectivity index (χ1) is 8.47. The predicted molar refractivity (Wildman–Crippen MR) is 63.8 cm³/mol. The zero-order valence-electron chi connectivity index (χ0n) is 9.83. The minimum atomic E-state index is -1.32. The summed E-state index contributed by atoms with van der Waals surface area (Å²) in [5.41, 5.74) is -0.0946. The quantitative estimate of drug-likeness (QED) is 0.372. The van der Waals surface area contributed by atoms with E-state index in [2.05, 4.69) is 6.58 Å². The third-order valence-corrected chi connectivity index (χ3v) is 2.26. The number of hydrogen-bond acceptors (Lipinski definition) is 5. The van der Waals surface area contributed by atoms with Gasteiger partial charge in [-0.2, -0.15) is 0 Å². The lowest BCUT2D eigenvalue weighted by atomic mass is 10.0. The van der Waals surface area contributed by atoms with Crippen molar-refractivity contribution >= 4 is 11.7 Å². The van der Waals surface area contributed by atoms with Gasteiger partial charge in [-0.25, -0.2) is 4.79 Å². The molecule has 0 aliphatic rings. The summed E-state index contributed by atoms with van der Waals surface area (Å²) in [6.45, 7) is 5.23. The maximum absolute atomic E-state index is 11.4. The van der Waals surface area contributed by atoms with Gasteiger partial charge >= 0.3 is 5.97 Å². The van der Waals surface area contributed by atoms with E-state index in [9.17, 15) is 20.0 Å². The lowest BCUT2D eigenvalue weighted by Crippen LogP contribution is -2.13. The highest BCUT2D eigenvalue weighted by atomic mass is 16.6. The Morgan fingerprint density at radius 1 is 1.61 bits per heavy atom. The molecule has 6 heteroatoms. The number of nitro benzene ring substituents is 1. The van der Waals surface area contributed by atoms with Crippen LogP contribution in [0.3, 0.4) is 0 Å². The standard InChI is InChI=1S/C12H13NO5/c1-3-18-12(15)8(2)11(14)9-5-4-6-10(7-9)13(16)17/h4-7,11,14H,2-3H2,1H3. The van der Waals surface area contributed by atoms with Gasteiger partial charge in [0.2, 0.25) is 0 Å². The Morgan fingerprint density at radius 2 is 2.28 bits per heavy atom. The maximum Gasteiger partial charge on any atom is 0.336 e. The minimum Gasteiger partial charge on any atom is -0.463 e. The molecule has 0 spiro atoms. The fourth-order valence-electron chi connectivity index (χ4n) is 1.35. The van der Waals surface area contributed by atoms with Gasteiger partial charge in [0.05, 0.1) is 17.1 Å². The van der Waals surface area contributed by atoms with Crippen LogP contribution in [0.15, 0.2) is 36.4 Å². The summed E-state index contributed by atoms with van der Waals surface area (Å²) in [4.78, 5) is 21.4. The number of benzene rings is 1. The highest BCUT2D eigenvalue weighted by Crippen LogP contribution is 2.24. The van der Waals surface area contributed by atoms with E-state index in [1.807, 2.05) is 0 Å². The van der Waals surface area contributed by atoms with Gasteiger partial charge in [-0.3, -0.25) is 10.1 Å². The van der Waals surface area contributed by atoms with Gasteiger partial charge in [0.15, 0.2) is 0 Å². The summed E-state index contributed by atoms with van der Waals surface area (Å²) >= 11 is 0. The zero-order valence-corrected chi connectivity index (χ0v) is 9.83. The minimum absolute atomic E-state index is 0.155. The largest absolute Gasteiger partial charge is 0.463 e. The van der Waals surface area contributed by atoms with Crippen LogP contribution in [0.5, 0.6) is 0 Å². The average molecular weight is 251 g/mol. The molecule has 0 radical (unpaired) electrons. The number of aliphatic hydroxyl groups excluding tert-OH is 1. The first-order valence-corrected chi connectivity index (χ1v) is 5.25.